The molecule has 1 atom stereocenters. The Balaban J connectivity index is 1.66. The van der Waals surface area contributed by atoms with Crippen LogP contribution in [0.2, 0.25) is 0 Å². The fourth-order valence-corrected chi connectivity index (χ4v) is 3.17. The highest BCUT2D eigenvalue weighted by molar-refractivity contribution is 5.92. The summed E-state index contributed by atoms with van der Waals surface area (Å²) in [7, 11) is 0. The predicted octanol–water partition coefficient (Wildman–Crippen LogP) is 1.21. The van der Waals surface area contributed by atoms with Crippen molar-refractivity contribution in [3.05, 3.63) is 18.0 Å². The molecule has 1 amide bonds. The van der Waals surface area contributed by atoms with Gasteiger partial charge in [0.15, 0.2) is 0 Å². The molecule has 0 aromatic carbocycles. The number of amides is 1. The minimum Gasteiger partial charge on any atom is -0.334 e. The maximum Gasteiger partial charge on any atom is 0.274 e. The zero-order chi connectivity index (χ0) is 13.2. The Labute approximate surface area is 114 Å². The van der Waals surface area contributed by atoms with Gasteiger partial charge >= 0.3 is 0 Å². The molecule has 0 saturated carbocycles. The van der Waals surface area contributed by atoms with Crippen molar-refractivity contribution >= 4 is 5.91 Å². The molecule has 0 unspecified atom stereocenters. The Morgan fingerprint density at radius 1 is 1.42 bits per heavy atom. The number of nitrogens with zero attached hydrogens (tertiary/aromatic N) is 4. The maximum atomic E-state index is 12.4. The van der Waals surface area contributed by atoms with Crippen LogP contribution in [-0.4, -0.2) is 57.7 Å². The van der Waals surface area contributed by atoms with Crippen LogP contribution < -0.4 is 0 Å². The second-order valence-electron chi connectivity index (χ2n) is 5.55. The van der Waals surface area contributed by atoms with Gasteiger partial charge in [0.25, 0.3) is 5.91 Å². The highest BCUT2D eigenvalue weighted by Gasteiger charge is 2.33. The highest BCUT2D eigenvalue weighted by Crippen LogP contribution is 2.22. The van der Waals surface area contributed by atoms with Crippen molar-refractivity contribution in [3.63, 3.8) is 0 Å². The molecule has 19 heavy (non-hydrogen) atoms. The van der Waals surface area contributed by atoms with E-state index < -0.39 is 0 Å². The van der Waals surface area contributed by atoms with Gasteiger partial charge < -0.3 is 4.90 Å². The summed E-state index contributed by atoms with van der Waals surface area (Å²) in [5.41, 5.74) is 0.597. The monoisotopic (exact) mass is 262 g/mol. The van der Waals surface area contributed by atoms with Gasteiger partial charge in [-0.3, -0.25) is 14.4 Å². The molecule has 2 saturated heterocycles. The molecular weight excluding hydrogens is 240 g/mol. The van der Waals surface area contributed by atoms with Crippen molar-refractivity contribution in [2.24, 2.45) is 0 Å². The number of hydrogen-bond acceptors (Lipinski definition) is 3. The third-order valence-electron chi connectivity index (χ3n) is 4.19. The minimum atomic E-state index is 0.0985. The van der Waals surface area contributed by atoms with Crippen LogP contribution in [-0.2, 0) is 6.54 Å². The third-order valence-corrected chi connectivity index (χ3v) is 4.19. The van der Waals surface area contributed by atoms with Crippen molar-refractivity contribution in [1.29, 1.82) is 0 Å². The lowest BCUT2D eigenvalue weighted by atomic mass is 10.1. The summed E-state index contributed by atoms with van der Waals surface area (Å²) in [6.07, 6.45) is 5.45. The van der Waals surface area contributed by atoms with Gasteiger partial charge in [0.2, 0.25) is 0 Å². The number of carbonyl (C=O) groups is 1. The van der Waals surface area contributed by atoms with Crippen LogP contribution in [0.25, 0.3) is 0 Å². The Morgan fingerprint density at radius 3 is 3.16 bits per heavy atom. The molecule has 0 N–H and O–H groups in total. The smallest absolute Gasteiger partial charge is 0.274 e. The van der Waals surface area contributed by atoms with E-state index in [4.69, 9.17) is 0 Å². The average Bonchev–Trinajstić information content (AvgIpc) is 3.05. The van der Waals surface area contributed by atoms with Crippen LogP contribution in [0, 0.1) is 0 Å². The van der Waals surface area contributed by atoms with Gasteiger partial charge in [-0.2, -0.15) is 5.10 Å². The molecule has 0 spiro atoms. The number of rotatable bonds is 3. The van der Waals surface area contributed by atoms with Crippen molar-refractivity contribution in [2.45, 2.75) is 38.8 Å². The second kappa shape index (κ2) is 5.33. The lowest BCUT2D eigenvalue weighted by Crippen LogP contribution is -2.52. The first-order valence-electron chi connectivity index (χ1n) is 7.34. The van der Waals surface area contributed by atoms with Crippen molar-refractivity contribution < 1.29 is 4.79 Å². The van der Waals surface area contributed by atoms with Gasteiger partial charge in [-0.1, -0.05) is 6.92 Å². The standard InChI is InChI=1S/C14H22N4O/c1-2-6-18-8-5-13(15-18)14(19)17-10-9-16-7-3-4-12(16)11-17/h5,8,12H,2-4,6-7,9-11H2,1H3/t12-/m0/s1. The summed E-state index contributed by atoms with van der Waals surface area (Å²) in [6.45, 7) is 6.94. The first-order chi connectivity index (χ1) is 9.28. The molecule has 5 nitrogen and oxygen atoms in total. The molecule has 0 bridgehead atoms. The normalized spacial score (nSPS) is 23.6. The molecule has 1 aromatic rings. The lowest BCUT2D eigenvalue weighted by Gasteiger charge is -2.37. The Morgan fingerprint density at radius 2 is 2.32 bits per heavy atom. The molecule has 0 radical (unpaired) electrons. The number of aryl methyl sites for hydroxylation is 1. The van der Waals surface area contributed by atoms with Gasteiger partial charge in [-0.25, -0.2) is 0 Å². The van der Waals surface area contributed by atoms with Crippen LogP contribution >= 0.6 is 0 Å². The maximum absolute atomic E-state index is 12.4. The fraction of sp³-hybridized carbons (Fsp3) is 0.714. The predicted molar refractivity (Wildman–Crippen MR) is 73.0 cm³/mol. The Bertz CT molecular complexity index is 456. The number of fused-ring (bicyclic) bond motifs is 1. The molecule has 104 valence electrons. The van der Waals surface area contributed by atoms with Crippen molar-refractivity contribution in [3.8, 4) is 0 Å². The zero-order valence-corrected chi connectivity index (χ0v) is 11.6. The van der Waals surface area contributed by atoms with E-state index in [2.05, 4.69) is 16.9 Å². The topological polar surface area (TPSA) is 41.4 Å². The van der Waals surface area contributed by atoms with E-state index in [1.165, 1.54) is 19.4 Å². The summed E-state index contributed by atoms with van der Waals surface area (Å²) in [4.78, 5) is 16.9. The minimum absolute atomic E-state index is 0.0985. The van der Waals surface area contributed by atoms with Gasteiger partial charge in [-0.15, -0.1) is 0 Å². The third kappa shape index (κ3) is 2.52. The molecular formula is C14H22N4O. The summed E-state index contributed by atoms with van der Waals surface area (Å²) < 4.78 is 1.86. The molecule has 2 fully saturated rings. The quantitative estimate of drug-likeness (QED) is 0.822. The van der Waals surface area contributed by atoms with E-state index in [9.17, 15) is 4.79 Å². The number of aromatic nitrogens is 2. The van der Waals surface area contributed by atoms with Crippen LogP contribution in [0.3, 0.4) is 0 Å². The molecule has 3 rings (SSSR count). The first kappa shape index (κ1) is 12.7. The van der Waals surface area contributed by atoms with E-state index in [-0.39, 0.29) is 5.91 Å². The summed E-state index contributed by atoms with van der Waals surface area (Å²) in [5, 5.41) is 4.37. The summed E-state index contributed by atoms with van der Waals surface area (Å²) in [5.74, 6) is 0.0985. The van der Waals surface area contributed by atoms with Crippen LogP contribution in [0.1, 0.15) is 36.7 Å². The lowest BCUT2D eigenvalue weighted by molar-refractivity contribution is 0.0565. The summed E-state index contributed by atoms with van der Waals surface area (Å²) in [6, 6.07) is 2.43. The largest absolute Gasteiger partial charge is 0.334 e. The van der Waals surface area contributed by atoms with Crippen LogP contribution in [0.4, 0.5) is 0 Å². The summed E-state index contributed by atoms with van der Waals surface area (Å²) >= 11 is 0. The van der Waals surface area contributed by atoms with E-state index in [0.717, 1.165) is 32.6 Å². The van der Waals surface area contributed by atoms with Crippen molar-refractivity contribution in [1.82, 2.24) is 19.6 Å². The van der Waals surface area contributed by atoms with Crippen LogP contribution in [0.15, 0.2) is 12.3 Å². The molecule has 2 aliphatic rings. The van der Waals surface area contributed by atoms with Gasteiger partial charge in [0.1, 0.15) is 5.69 Å². The molecule has 1 aromatic heterocycles. The SMILES string of the molecule is CCCn1ccc(C(=O)N2CCN3CCC[C@H]3C2)n1. The Hall–Kier alpha value is -1.36. The van der Waals surface area contributed by atoms with E-state index >= 15 is 0 Å². The van der Waals surface area contributed by atoms with Crippen LogP contribution in [0.5, 0.6) is 0 Å². The average molecular weight is 262 g/mol. The molecule has 0 aliphatic carbocycles. The Kier molecular flexibility index (Phi) is 3.55. The van der Waals surface area contributed by atoms with E-state index in [1.54, 1.807) is 0 Å². The van der Waals surface area contributed by atoms with E-state index in [0.29, 0.717) is 11.7 Å². The van der Waals surface area contributed by atoms with Crippen molar-refractivity contribution in [2.75, 3.05) is 26.2 Å². The molecule has 2 aliphatic heterocycles. The molecule has 3 heterocycles. The number of carbonyl (C=O) groups excluding carboxylic acids is 1. The number of piperazine rings is 1. The van der Waals surface area contributed by atoms with Gasteiger partial charge in [0, 0.05) is 38.4 Å². The first-order valence-corrected chi connectivity index (χ1v) is 7.34. The molecule has 5 heteroatoms. The number of hydrogen-bond donors (Lipinski definition) is 0. The van der Waals surface area contributed by atoms with Gasteiger partial charge in [0.05, 0.1) is 0 Å². The zero-order valence-electron chi connectivity index (χ0n) is 11.6. The fourth-order valence-electron chi connectivity index (χ4n) is 3.17. The highest BCUT2D eigenvalue weighted by atomic mass is 16.2. The van der Waals surface area contributed by atoms with Gasteiger partial charge in [-0.05, 0) is 31.9 Å². The second-order valence-corrected chi connectivity index (χ2v) is 5.55. The van der Waals surface area contributed by atoms with E-state index in [1.807, 2.05) is 21.8 Å².